The second-order valence-corrected chi connectivity index (χ2v) is 11.3. The lowest BCUT2D eigenvalue weighted by molar-refractivity contribution is -0.140. The zero-order chi connectivity index (χ0) is 31.0. The Labute approximate surface area is 251 Å². The molecule has 0 aliphatic rings. The van der Waals surface area contributed by atoms with E-state index >= 15 is 0 Å². The van der Waals surface area contributed by atoms with Crippen molar-refractivity contribution in [3.05, 3.63) is 94.0 Å². The van der Waals surface area contributed by atoms with E-state index < -0.39 is 42.1 Å². The highest BCUT2D eigenvalue weighted by atomic mass is 35.5. The summed E-state index contributed by atoms with van der Waals surface area (Å²) in [6, 6.07) is 17.9. The summed E-state index contributed by atoms with van der Waals surface area (Å²) >= 11 is 6.38. The minimum atomic E-state index is -1.24. The number of halogens is 1. The van der Waals surface area contributed by atoms with Crippen LogP contribution in [-0.2, 0) is 20.7 Å². The number of hydrogen-bond donors (Lipinski definition) is 3. The molecular weight excluding hydrogens is 556 g/mol. The first-order chi connectivity index (χ1) is 19.8. The smallest absolute Gasteiger partial charge is 0.408 e. The molecule has 2 unspecified atom stereocenters. The first-order valence-electron chi connectivity index (χ1n) is 13.4. The molecule has 2 atom stereocenters. The van der Waals surface area contributed by atoms with Crippen molar-refractivity contribution in [2.24, 2.45) is 0 Å². The number of ether oxygens (including phenoxy) is 1. The molecule has 220 valence electrons. The van der Waals surface area contributed by atoms with Crippen LogP contribution in [0.4, 0.5) is 10.5 Å². The number of amides is 3. The third kappa shape index (κ3) is 8.72. The minimum absolute atomic E-state index is 0.00609. The number of anilines is 1. The van der Waals surface area contributed by atoms with Crippen LogP contribution in [-0.4, -0.2) is 46.1 Å². The van der Waals surface area contributed by atoms with Crippen LogP contribution in [0.2, 0.25) is 5.02 Å². The molecule has 0 bridgehead atoms. The fraction of sp³-hybridized carbons (Fsp3) is 0.312. The van der Waals surface area contributed by atoms with Crippen LogP contribution in [0.5, 0.6) is 5.75 Å². The number of hydrogen-bond acceptors (Lipinski definition) is 6. The Hall–Kier alpha value is -4.55. The van der Waals surface area contributed by atoms with E-state index in [2.05, 4.69) is 10.6 Å². The number of carbonyl (C=O) groups is 3. The Kier molecular flexibility index (Phi) is 10.6. The number of alkyl carbamates (subject to hydrolysis) is 1. The summed E-state index contributed by atoms with van der Waals surface area (Å²) in [6.07, 6.45) is -0.828. The van der Waals surface area contributed by atoms with E-state index in [0.717, 1.165) is 10.5 Å². The van der Waals surface area contributed by atoms with Crippen molar-refractivity contribution in [2.75, 3.05) is 11.9 Å². The first kappa shape index (κ1) is 32.0. The van der Waals surface area contributed by atoms with Gasteiger partial charge in [0.25, 0.3) is 5.91 Å². The molecule has 3 N–H and O–H groups in total. The van der Waals surface area contributed by atoms with Crippen molar-refractivity contribution in [2.45, 2.75) is 58.7 Å². The van der Waals surface area contributed by atoms with Gasteiger partial charge >= 0.3 is 6.09 Å². The second kappa shape index (κ2) is 13.9. The molecule has 0 spiro atoms. The second-order valence-electron chi connectivity index (χ2n) is 10.9. The molecule has 0 saturated heterocycles. The van der Waals surface area contributed by atoms with Gasteiger partial charge in [0.15, 0.2) is 0 Å². The monoisotopic (exact) mass is 590 g/mol. The lowest BCUT2D eigenvalue weighted by Gasteiger charge is -2.33. The highest BCUT2D eigenvalue weighted by Crippen LogP contribution is 2.29. The van der Waals surface area contributed by atoms with Crippen LogP contribution >= 0.6 is 11.6 Å². The third-order valence-corrected chi connectivity index (χ3v) is 6.63. The van der Waals surface area contributed by atoms with Gasteiger partial charge in [0.05, 0.1) is 16.8 Å². The molecule has 0 radical (unpaired) electrons. The summed E-state index contributed by atoms with van der Waals surface area (Å²) in [6.45, 7) is 8.31. The fourth-order valence-corrected chi connectivity index (χ4v) is 4.56. The van der Waals surface area contributed by atoms with Crippen molar-refractivity contribution >= 4 is 35.2 Å². The maximum Gasteiger partial charge on any atom is 0.408 e. The Bertz CT molecular complexity index is 1440. The number of benzene rings is 3. The van der Waals surface area contributed by atoms with Gasteiger partial charge in [-0.3, -0.25) is 9.59 Å². The van der Waals surface area contributed by atoms with Crippen molar-refractivity contribution < 1.29 is 24.2 Å². The van der Waals surface area contributed by atoms with Gasteiger partial charge in [-0.1, -0.05) is 65.7 Å². The summed E-state index contributed by atoms with van der Waals surface area (Å²) in [5.74, 6) is -1.22. The molecule has 3 aromatic carbocycles. The van der Waals surface area contributed by atoms with Gasteiger partial charge < -0.3 is 25.4 Å². The van der Waals surface area contributed by atoms with E-state index in [1.165, 1.54) is 12.1 Å². The summed E-state index contributed by atoms with van der Waals surface area (Å²) in [5, 5.41) is 25.3. The van der Waals surface area contributed by atoms with Gasteiger partial charge in [0.1, 0.15) is 30.0 Å². The number of carbonyl (C=O) groups excluding carboxylic acids is 3. The van der Waals surface area contributed by atoms with Crippen LogP contribution in [0.25, 0.3) is 0 Å². The minimum Gasteiger partial charge on any atom is -0.508 e. The number of phenols is 1. The van der Waals surface area contributed by atoms with E-state index in [1.54, 1.807) is 82.3 Å². The predicted molar refractivity (Wildman–Crippen MR) is 161 cm³/mol. The molecule has 0 saturated carbocycles. The number of aromatic hydroxyl groups is 1. The Morgan fingerprint density at radius 3 is 2.24 bits per heavy atom. The predicted octanol–water partition coefficient (Wildman–Crippen LogP) is 5.83. The molecule has 3 amide bonds. The average Bonchev–Trinajstić information content (AvgIpc) is 2.91. The topological polar surface area (TPSA) is 132 Å². The van der Waals surface area contributed by atoms with Crippen LogP contribution in [0.15, 0.2) is 66.7 Å². The quantitative estimate of drug-likeness (QED) is 0.269. The molecule has 0 heterocycles. The maximum absolute atomic E-state index is 14.2. The average molecular weight is 591 g/mol. The molecule has 10 heteroatoms. The van der Waals surface area contributed by atoms with E-state index in [9.17, 15) is 24.8 Å². The highest BCUT2D eigenvalue weighted by molar-refractivity contribution is 6.34. The molecule has 0 aliphatic heterocycles. The van der Waals surface area contributed by atoms with Gasteiger partial charge in [-0.2, -0.15) is 5.26 Å². The number of aryl methyl sites for hydroxylation is 2. The summed E-state index contributed by atoms with van der Waals surface area (Å²) in [5.41, 5.74) is 2.30. The number of para-hydroxylation sites is 1. The van der Waals surface area contributed by atoms with Gasteiger partial charge in [-0.05, 0) is 69.5 Å². The van der Waals surface area contributed by atoms with Crippen LogP contribution in [0.1, 0.15) is 49.1 Å². The van der Waals surface area contributed by atoms with Gasteiger partial charge in [0, 0.05) is 6.42 Å². The van der Waals surface area contributed by atoms with Gasteiger partial charge in [-0.25, -0.2) is 4.79 Å². The third-order valence-electron chi connectivity index (χ3n) is 6.31. The lowest BCUT2D eigenvalue weighted by Crippen LogP contribution is -2.53. The lowest BCUT2D eigenvalue weighted by atomic mass is 9.99. The summed E-state index contributed by atoms with van der Waals surface area (Å²) in [4.78, 5) is 42.1. The zero-order valence-corrected chi connectivity index (χ0v) is 25.0. The Morgan fingerprint density at radius 1 is 1.02 bits per heavy atom. The molecule has 9 nitrogen and oxygen atoms in total. The van der Waals surface area contributed by atoms with Crippen molar-refractivity contribution in [3.8, 4) is 11.8 Å². The van der Waals surface area contributed by atoms with Crippen LogP contribution < -0.4 is 10.6 Å². The van der Waals surface area contributed by atoms with Gasteiger partial charge in [-0.15, -0.1) is 0 Å². The molecule has 0 aromatic heterocycles. The Morgan fingerprint density at radius 2 is 1.67 bits per heavy atom. The highest BCUT2D eigenvalue weighted by Gasteiger charge is 2.37. The first-order valence-corrected chi connectivity index (χ1v) is 13.7. The molecule has 42 heavy (non-hydrogen) atoms. The molecule has 3 rings (SSSR count). The number of rotatable bonds is 9. The van der Waals surface area contributed by atoms with Crippen molar-refractivity contribution in [3.63, 3.8) is 0 Å². The molecule has 0 fully saturated rings. The summed E-state index contributed by atoms with van der Waals surface area (Å²) in [7, 11) is 0. The van der Waals surface area contributed by atoms with E-state index in [4.69, 9.17) is 16.3 Å². The molecular formula is C32H35ClN4O5. The largest absolute Gasteiger partial charge is 0.508 e. The fourth-order valence-electron chi connectivity index (χ4n) is 4.29. The van der Waals surface area contributed by atoms with E-state index in [-0.39, 0.29) is 12.2 Å². The SMILES string of the molecule is Cc1ccc(C(C(=O)Nc2c(C)cccc2Cl)N(CC#N)C(=O)C(Cc2ccc(O)cc2)NC(=O)OC(C)(C)C)cc1. The number of phenolic OH excluding ortho intramolecular Hbond substituents is 1. The number of nitriles is 1. The Balaban J connectivity index is 2.07. The normalized spacial score (nSPS) is 12.4. The summed E-state index contributed by atoms with van der Waals surface area (Å²) < 4.78 is 5.41. The molecule has 3 aromatic rings. The standard InChI is InChI=1S/C32H35ClN4O5/c1-20-9-13-23(14-10-20)28(29(39)36-27-21(2)7-6-8-25(27)33)37(18-17-34)30(40)26(35-31(41)42-32(3,4)5)19-22-11-15-24(38)16-12-22/h6-16,26,28,38H,18-19H2,1-5H3,(H,35,41)(H,36,39). The van der Waals surface area contributed by atoms with E-state index in [1.807, 2.05) is 13.0 Å². The van der Waals surface area contributed by atoms with Crippen LogP contribution in [0, 0.1) is 25.2 Å². The maximum atomic E-state index is 14.2. The molecule has 0 aliphatic carbocycles. The number of nitrogens with zero attached hydrogens (tertiary/aromatic N) is 2. The van der Waals surface area contributed by atoms with Crippen molar-refractivity contribution in [1.29, 1.82) is 5.26 Å². The zero-order valence-electron chi connectivity index (χ0n) is 24.3. The van der Waals surface area contributed by atoms with Crippen LogP contribution in [0.3, 0.4) is 0 Å². The van der Waals surface area contributed by atoms with E-state index in [0.29, 0.717) is 27.4 Å². The van der Waals surface area contributed by atoms with Gasteiger partial charge in [0.2, 0.25) is 5.91 Å². The van der Waals surface area contributed by atoms with Crippen molar-refractivity contribution in [1.82, 2.24) is 10.2 Å². The number of nitrogens with one attached hydrogen (secondary N) is 2.